The highest BCUT2D eigenvalue weighted by atomic mass is 35.5. The molecule has 0 unspecified atom stereocenters. The summed E-state index contributed by atoms with van der Waals surface area (Å²) in [6, 6.07) is 9.05. The molecule has 0 amide bonds. The summed E-state index contributed by atoms with van der Waals surface area (Å²) in [4.78, 5) is 18.1. The number of nitrogens with one attached hydrogen (secondary N) is 1. The Kier molecular flexibility index (Phi) is 3.06. The molecule has 0 aliphatic heterocycles. The van der Waals surface area contributed by atoms with E-state index in [-0.39, 0.29) is 5.56 Å². The molecule has 0 aliphatic rings. The van der Waals surface area contributed by atoms with E-state index in [0.29, 0.717) is 17.3 Å². The largest absolute Gasteiger partial charge is 0.311 e. The molecule has 4 heteroatoms. The summed E-state index contributed by atoms with van der Waals surface area (Å²) in [6.45, 7) is 1.76. The Morgan fingerprint density at radius 3 is 2.81 bits per heavy atom. The first kappa shape index (κ1) is 10.9. The van der Waals surface area contributed by atoms with Crippen molar-refractivity contribution in [3.63, 3.8) is 0 Å². The highest BCUT2D eigenvalue weighted by Crippen LogP contribution is 2.17. The second-order valence-electron chi connectivity index (χ2n) is 3.59. The first-order chi connectivity index (χ1) is 7.65. The minimum atomic E-state index is -0.130. The van der Waals surface area contributed by atoms with Crippen LogP contribution >= 0.6 is 11.6 Å². The molecule has 0 aliphatic carbocycles. The number of aromatic nitrogens is 2. The molecule has 1 aromatic heterocycles. The summed E-state index contributed by atoms with van der Waals surface area (Å²) < 4.78 is 0. The van der Waals surface area contributed by atoms with E-state index in [9.17, 15) is 4.79 Å². The number of rotatable bonds is 2. The minimum Gasteiger partial charge on any atom is -0.311 e. The standard InChI is InChI=1S/C12H11ClN2O/c1-8-14-10(7-12(16)15-8)6-9-4-2-3-5-11(9)13/h2-5,7H,6H2,1H3,(H,14,15,16). The molecular weight excluding hydrogens is 224 g/mol. The zero-order chi connectivity index (χ0) is 11.5. The Morgan fingerprint density at radius 2 is 2.12 bits per heavy atom. The Morgan fingerprint density at radius 1 is 1.38 bits per heavy atom. The predicted molar refractivity (Wildman–Crippen MR) is 63.9 cm³/mol. The van der Waals surface area contributed by atoms with Gasteiger partial charge in [-0.2, -0.15) is 0 Å². The number of aromatic amines is 1. The number of hydrogen-bond donors (Lipinski definition) is 1. The smallest absolute Gasteiger partial charge is 0.251 e. The van der Waals surface area contributed by atoms with Crippen LogP contribution in [0.5, 0.6) is 0 Å². The Hall–Kier alpha value is -1.61. The van der Waals surface area contributed by atoms with E-state index in [4.69, 9.17) is 11.6 Å². The summed E-state index contributed by atoms with van der Waals surface area (Å²) >= 11 is 6.04. The van der Waals surface area contributed by atoms with Crippen LogP contribution in [-0.4, -0.2) is 9.97 Å². The van der Waals surface area contributed by atoms with Gasteiger partial charge in [-0.3, -0.25) is 4.79 Å². The SMILES string of the molecule is Cc1nc(Cc2ccccc2Cl)cc(=O)[nH]1. The van der Waals surface area contributed by atoms with Gasteiger partial charge in [-0.1, -0.05) is 29.8 Å². The average Bonchev–Trinajstić information content (AvgIpc) is 2.20. The molecule has 82 valence electrons. The van der Waals surface area contributed by atoms with Gasteiger partial charge in [0, 0.05) is 17.5 Å². The molecule has 0 atom stereocenters. The van der Waals surface area contributed by atoms with Crippen LogP contribution in [0.15, 0.2) is 35.1 Å². The van der Waals surface area contributed by atoms with E-state index in [1.165, 1.54) is 6.07 Å². The lowest BCUT2D eigenvalue weighted by Gasteiger charge is -2.03. The van der Waals surface area contributed by atoms with Crippen LogP contribution in [0.4, 0.5) is 0 Å². The molecular formula is C12H11ClN2O. The van der Waals surface area contributed by atoms with Gasteiger partial charge in [0.2, 0.25) is 0 Å². The van der Waals surface area contributed by atoms with Gasteiger partial charge in [-0.25, -0.2) is 4.98 Å². The van der Waals surface area contributed by atoms with Crippen molar-refractivity contribution in [1.82, 2.24) is 9.97 Å². The summed E-state index contributed by atoms with van der Waals surface area (Å²) in [7, 11) is 0. The maximum absolute atomic E-state index is 11.3. The highest BCUT2D eigenvalue weighted by Gasteiger charge is 2.03. The molecule has 0 saturated heterocycles. The molecule has 0 spiro atoms. The quantitative estimate of drug-likeness (QED) is 0.867. The topological polar surface area (TPSA) is 45.8 Å². The molecule has 0 radical (unpaired) electrons. The van der Waals surface area contributed by atoms with Crippen molar-refractivity contribution in [2.45, 2.75) is 13.3 Å². The van der Waals surface area contributed by atoms with E-state index in [1.54, 1.807) is 6.92 Å². The molecule has 0 saturated carbocycles. The molecule has 2 aromatic rings. The predicted octanol–water partition coefficient (Wildman–Crippen LogP) is 2.32. The Labute approximate surface area is 98.1 Å². The van der Waals surface area contributed by atoms with Crippen molar-refractivity contribution in [2.75, 3.05) is 0 Å². The number of nitrogens with zero attached hydrogens (tertiary/aromatic N) is 1. The lowest BCUT2D eigenvalue weighted by atomic mass is 10.1. The van der Waals surface area contributed by atoms with Crippen LogP contribution in [0.1, 0.15) is 17.1 Å². The molecule has 2 rings (SSSR count). The maximum atomic E-state index is 11.3. The van der Waals surface area contributed by atoms with Crippen LogP contribution in [-0.2, 0) is 6.42 Å². The molecule has 0 bridgehead atoms. The number of aryl methyl sites for hydroxylation is 1. The van der Waals surface area contributed by atoms with E-state index in [2.05, 4.69) is 9.97 Å². The van der Waals surface area contributed by atoms with Gasteiger partial charge in [0.15, 0.2) is 0 Å². The van der Waals surface area contributed by atoms with Crippen molar-refractivity contribution in [3.8, 4) is 0 Å². The van der Waals surface area contributed by atoms with Crippen LogP contribution < -0.4 is 5.56 Å². The maximum Gasteiger partial charge on any atom is 0.251 e. The second-order valence-corrected chi connectivity index (χ2v) is 4.00. The van der Waals surface area contributed by atoms with Gasteiger partial charge >= 0.3 is 0 Å². The summed E-state index contributed by atoms with van der Waals surface area (Å²) in [5.74, 6) is 0.620. The average molecular weight is 235 g/mol. The molecule has 0 fully saturated rings. The van der Waals surface area contributed by atoms with Crippen molar-refractivity contribution >= 4 is 11.6 Å². The van der Waals surface area contributed by atoms with Gasteiger partial charge in [-0.15, -0.1) is 0 Å². The Bertz CT molecular complexity index is 563. The zero-order valence-electron chi connectivity index (χ0n) is 8.83. The van der Waals surface area contributed by atoms with Crippen LogP contribution in [0.25, 0.3) is 0 Å². The Balaban J connectivity index is 2.34. The van der Waals surface area contributed by atoms with Crippen molar-refractivity contribution in [1.29, 1.82) is 0 Å². The molecule has 1 N–H and O–H groups in total. The van der Waals surface area contributed by atoms with Gasteiger partial charge in [0.25, 0.3) is 5.56 Å². The van der Waals surface area contributed by atoms with E-state index >= 15 is 0 Å². The second kappa shape index (κ2) is 4.49. The van der Waals surface area contributed by atoms with Gasteiger partial charge < -0.3 is 4.98 Å². The third-order valence-corrected chi connectivity index (χ3v) is 2.61. The lowest BCUT2D eigenvalue weighted by Crippen LogP contribution is -2.10. The van der Waals surface area contributed by atoms with E-state index in [1.807, 2.05) is 24.3 Å². The normalized spacial score (nSPS) is 10.4. The molecule has 3 nitrogen and oxygen atoms in total. The fraction of sp³-hybridized carbons (Fsp3) is 0.167. The fourth-order valence-corrected chi connectivity index (χ4v) is 1.77. The summed E-state index contributed by atoms with van der Waals surface area (Å²) in [6.07, 6.45) is 0.574. The number of hydrogen-bond acceptors (Lipinski definition) is 2. The van der Waals surface area contributed by atoms with Gasteiger partial charge in [0.05, 0.1) is 5.69 Å². The summed E-state index contributed by atoms with van der Waals surface area (Å²) in [5.41, 5.74) is 1.57. The van der Waals surface area contributed by atoms with Crippen molar-refractivity contribution in [3.05, 3.63) is 62.8 Å². The third kappa shape index (κ3) is 2.49. The van der Waals surface area contributed by atoms with Gasteiger partial charge in [0.1, 0.15) is 5.82 Å². The third-order valence-electron chi connectivity index (χ3n) is 2.24. The van der Waals surface area contributed by atoms with Crippen molar-refractivity contribution in [2.24, 2.45) is 0 Å². The van der Waals surface area contributed by atoms with Crippen molar-refractivity contribution < 1.29 is 0 Å². The van der Waals surface area contributed by atoms with E-state index < -0.39 is 0 Å². The number of halogens is 1. The van der Waals surface area contributed by atoms with Gasteiger partial charge in [-0.05, 0) is 18.6 Å². The number of H-pyrrole nitrogens is 1. The fourth-order valence-electron chi connectivity index (χ4n) is 1.57. The van der Waals surface area contributed by atoms with Crippen LogP contribution in [0.3, 0.4) is 0 Å². The number of benzene rings is 1. The first-order valence-corrected chi connectivity index (χ1v) is 5.33. The molecule has 1 heterocycles. The summed E-state index contributed by atoms with van der Waals surface area (Å²) in [5, 5.41) is 0.697. The highest BCUT2D eigenvalue weighted by molar-refractivity contribution is 6.31. The minimum absolute atomic E-state index is 0.130. The van der Waals surface area contributed by atoms with Crippen LogP contribution in [0, 0.1) is 6.92 Å². The first-order valence-electron chi connectivity index (χ1n) is 4.95. The molecule has 16 heavy (non-hydrogen) atoms. The monoisotopic (exact) mass is 234 g/mol. The van der Waals surface area contributed by atoms with Crippen LogP contribution in [0.2, 0.25) is 5.02 Å². The van der Waals surface area contributed by atoms with E-state index in [0.717, 1.165) is 11.3 Å². The zero-order valence-corrected chi connectivity index (χ0v) is 9.58. The molecule has 1 aromatic carbocycles. The lowest BCUT2D eigenvalue weighted by molar-refractivity contribution is 0.945.